The summed E-state index contributed by atoms with van der Waals surface area (Å²) in [5.74, 6) is -1.04. The lowest BCUT2D eigenvalue weighted by Gasteiger charge is -2.09. The minimum atomic E-state index is -4.65. The number of rotatable bonds is 4. The molecule has 11 heteroatoms. The van der Waals surface area contributed by atoms with E-state index in [0.29, 0.717) is 0 Å². The molecule has 24 heavy (non-hydrogen) atoms. The van der Waals surface area contributed by atoms with E-state index in [9.17, 15) is 21.6 Å². The van der Waals surface area contributed by atoms with Crippen LogP contribution in [-0.4, -0.2) is 32.1 Å². The summed E-state index contributed by atoms with van der Waals surface area (Å²) in [6, 6.07) is 9.39. The van der Waals surface area contributed by atoms with Crippen LogP contribution in [-0.2, 0) is 20.2 Å². The van der Waals surface area contributed by atoms with Gasteiger partial charge in [0.05, 0.1) is 0 Å². The summed E-state index contributed by atoms with van der Waals surface area (Å²) >= 11 is 0. The van der Waals surface area contributed by atoms with Gasteiger partial charge in [-0.05, 0) is 24.3 Å². The van der Waals surface area contributed by atoms with E-state index in [1.807, 2.05) is 0 Å². The molecule has 0 unspecified atom stereocenters. The second-order valence-corrected chi connectivity index (χ2v) is 7.08. The predicted octanol–water partition coefficient (Wildman–Crippen LogP) is 1.76. The molecule has 0 saturated carbocycles. The van der Waals surface area contributed by atoms with Gasteiger partial charge in [-0.2, -0.15) is 16.8 Å². The first-order valence-electron chi connectivity index (χ1n) is 6.12. The number of carbonyl (C=O) groups is 1. The Bertz CT molecular complexity index is 899. The van der Waals surface area contributed by atoms with E-state index in [1.54, 1.807) is 0 Å². The van der Waals surface area contributed by atoms with E-state index in [1.165, 1.54) is 24.3 Å². The van der Waals surface area contributed by atoms with Crippen molar-refractivity contribution >= 4 is 26.4 Å². The standard InChI is InChI=1S/C13H10O9S2/c14-13(21-9-5-1-3-7-11(9)23(15,16)17)22-10-6-2-4-8-12(10)24(18,19)20/h1-8H,(H,15,16,17)(H,18,19,20). The fourth-order valence-electron chi connectivity index (χ4n) is 1.70. The summed E-state index contributed by atoms with van der Waals surface area (Å²) in [5, 5.41) is 0. The second kappa shape index (κ2) is 6.57. The van der Waals surface area contributed by atoms with Crippen molar-refractivity contribution in [1.29, 1.82) is 0 Å². The monoisotopic (exact) mass is 374 g/mol. The van der Waals surface area contributed by atoms with Crippen LogP contribution in [0.4, 0.5) is 4.79 Å². The predicted molar refractivity (Wildman–Crippen MR) is 79.2 cm³/mol. The van der Waals surface area contributed by atoms with Crippen LogP contribution >= 0.6 is 0 Å². The van der Waals surface area contributed by atoms with Crippen molar-refractivity contribution in [2.75, 3.05) is 0 Å². The van der Waals surface area contributed by atoms with Crippen LogP contribution in [0.3, 0.4) is 0 Å². The number of hydrogen-bond acceptors (Lipinski definition) is 7. The number of para-hydroxylation sites is 2. The molecule has 0 aliphatic rings. The molecule has 0 atom stereocenters. The highest BCUT2D eigenvalue weighted by Gasteiger charge is 2.22. The summed E-state index contributed by atoms with van der Waals surface area (Å²) in [6.07, 6.45) is -1.47. The van der Waals surface area contributed by atoms with E-state index >= 15 is 0 Å². The number of carbonyl (C=O) groups excluding carboxylic acids is 1. The maximum Gasteiger partial charge on any atom is 0.519 e. The van der Waals surface area contributed by atoms with E-state index in [0.717, 1.165) is 24.3 Å². The third-order valence-electron chi connectivity index (χ3n) is 2.64. The van der Waals surface area contributed by atoms with Gasteiger partial charge in [-0.25, -0.2) is 4.79 Å². The summed E-state index contributed by atoms with van der Waals surface area (Å²) in [7, 11) is -9.30. The summed E-state index contributed by atoms with van der Waals surface area (Å²) in [5.41, 5.74) is 0. The Morgan fingerprint density at radius 1 is 0.708 bits per heavy atom. The molecule has 0 amide bonds. The highest BCUT2D eigenvalue weighted by Crippen LogP contribution is 2.26. The van der Waals surface area contributed by atoms with Crippen molar-refractivity contribution in [3.8, 4) is 11.5 Å². The van der Waals surface area contributed by atoms with Crippen molar-refractivity contribution in [1.82, 2.24) is 0 Å². The molecular weight excluding hydrogens is 364 g/mol. The molecule has 9 nitrogen and oxygen atoms in total. The number of benzene rings is 2. The van der Waals surface area contributed by atoms with Gasteiger partial charge in [0, 0.05) is 0 Å². The van der Waals surface area contributed by atoms with E-state index < -0.39 is 47.7 Å². The van der Waals surface area contributed by atoms with Crippen molar-refractivity contribution in [3.05, 3.63) is 48.5 Å². The molecule has 0 saturated heterocycles. The first-order chi connectivity index (χ1) is 11.1. The summed E-state index contributed by atoms with van der Waals surface area (Å²) in [6.45, 7) is 0. The molecular formula is C13H10O9S2. The van der Waals surface area contributed by atoms with Gasteiger partial charge in [-0.3, -0.25) is 9.11 Å². The van der Waals surface area contributed by atoms with E-state index in [-0.39, 0.29) is 0 Å². The molecule has 0 aromatic heterocycles. The lowest BCUT2D eigenvalue weighted by Crippen LogP contribution is -2.17. The Labute approximate surface area is 136 Å². The third kappa shape index (κ3) is 4.29. The smallest absolute Gasteiger partial charge is 0.393 e. The molecule has 0 aliphatic heterocycles. The SMILES string of the molecule is O=C(Oc1ccccc1S(=O)(=O)O)Oc1ccccc1S(=O)(=O)O. The molecule has 0 bridgehead atoms. The molecule has 2 aromatic rings. The Morgan fingerprint density at radius 3 is 1.38 bits per heavy atom. The van der Waals surface area contributed by atoms with Crippen molar-refractivity contribution in [3.63, 3.8) is 0 Å². The van der Waals surface area contributed by atoms with Gasteiger partial charge in [0.1, 0.15) is 9.79 Å². The van der Waals surface area contributed by atoms with Crippen molar-refractivity contribution in [2.24, 2.45) is 0 Å². The fourth-order valence-corrected chi connectivity index (χ4v) is 2.92. The molecule has 2 N–H and O–H groups in total. The average molecular weight is 374 g/mol. The van der Waals surface area contributed by atoms with Gasteiger partial charge in [-0.15, -0.1) is 0 Å². The van der Waals surface area contributed by atoms with Crippen LogP contribution in [0.15, 0.2) is 58.3 Å². The zero-order chi connectivity index (χ0) is 18.0. The van der Waals surface area contributed by atoms with Crippen LogP contribution in [0.1, 0.15) is 0 Å². The summed E-state index contributed by atoms with van der Waals surface area (Å²) < 4.78 is 72.2. The van der Waals surface area contributed by atoms with Gasteiger partial charge in [0.25, 0.3) is 20.2 Å². The topological polar surface area (TPSA) is 144 Å². The Balaban J connectivity index is 2.29. The fraction of sp³-hybridized carbons (Fsp3) is 0. The van der Waals surface area contributed by atoms with Crippen LogP contribution in [0.5, 0.6) is 11.5 Å². The third-order valence-corrected chi connectivity index (χ3v) is 4.43. The highest BCUT2D eigenvalue weighted by molar-refractivity contribution is 7.86. The van der Waals surface area contributed by atoms with E-state index in [2.05, 4.69) is 9.47 Å². The van der Waals surface area contributed by atoms with Gasteiger partial charge in [-0.1, -0.05) is 24.3 Å². The molecule has 2 rings (SSSR count). The maximum absolute atomic E-state index is 11.7. The Hall–Kier alpha value is -2.47. The molecule has 128 valence electrons. The first kappa shape index (κ1) is 17.9. The largest absolute Gasteiger partial charge is 0.519 e. The van der Waals surface area contributed by atoms with Gasteiger partial charge < -0.3 is 9.47 Å². The first-order valence-corrected chi connectivity index (χ1v) is 9.00. The molecule has 0 heterocycles. The van der Waals surface area contributed by atoms with Crippen LogP contribution in [0, 0.1) is 0 Å². The van der Waals surface area contributed by atoms with Crippen LogP contribution in [0.25, 0.3) is 0 Å². The van der Waals surface area contributed by atoms with Crippen LogP contribution in [0.2, 0.25) is 0 Å². The highest BCUT2D eigenvalue weighted by atomic mass is 32.2. The van der Waals surface area contributed by atoms with Crippen molar-refractivity contribution in [2.45, 2.75) is 9.79 Å². The lowest BCUT2D eigenvalue weighted by molar-refractivity contribution is 0.149. The maximum atomic E-state index is 11.7. The average Bonchev–Trinajstić information content (AvgIpc) is 2.46. The number of ether oxygens (including phenoxy) is 2. The van der Waals surface area contributed by atoms with Crippen molar-refractivity contribution < 1.29 is 40.2 Å². The minimum absolute atomic E-state index is 0.519. The number of hydrogen-bond donors (Lipinski definition) is 2. The Morgan fingerprint density at radius 2 is 1.04 bits per heavy atom. The zero-order valence-electron chi connectivity index (χ0n) is 11.7. The Kier molecular flexibility index (Phi) is 4.89. The quantitative estimate of drug-likeness (QED) is 0.464. The molecule has 0 spiro atoms. The normalized spacial score (nSPS) is 11.8. The van der Waals surface area contributed by atoms with E-state index in [4.69, 9.17) is 9.11 Å². The molecule has 0 aliphatic carbocycles. The second-order valence-electron chi connectivity index (χ2n) is 4.30. The van der Waals surface area contributed by atoms with Crippen LogP contribution < -0.4 is 9.47 Å². The lowest BCUT2D eigenvalue weighted by atomic mass is 10.3. The molecule has 2 aromatic carbocycles. The minimum Gasteiger partial charge on any atom is -0.393 e. The molecule has 0 fully saturated rings. The zero-order valence-corrected chi connectivity index (χ0v) is 13.3. The van der Waals surface area contributed by atoms with Gasteiger partial charge >= 0.3 is 6.16 Å². The van der Waals surface area contributed by atoms with Gasteiger partial charge in [0.2, 0.25) is 0 Å². The molecule has 0 radical (unpaired) electrons. The summed E-state index contributed by atoms with van der Waals surface area (Å²) in [4.78, 5) is 10.4. The van der Waals surface area contributed by atoms with Gasteiger partial charge in [0.15, 0.2) is 11.5 Å².